The molecule has 2 atom stereocenters. The van der Waals surface area contributed by atoms with Crippen LogP contribution >= 0.6 is 0 Å². The van der Waals surface area contributed by atoms with Gasteiger partial charge in [-0.25, -0.2) is 26.9 Å². The van der Waals surface area contributed by atoms with Crippen LogP contribution in [0, 0.1) is 28.1 Å². The van der Waals surface area contributed by atoms with E-state index < -0.39 is 33.3 Å². The number of halogens is 3. The van der Waals surface area contributed by atoms with Crippen LogP contribution in [0.25, 0.3) is 6.08 Å². The molecule has 4 rings (SSSR count). The average molecular weight is 410 g/mol. The second-order valence-electron chi connectivity index (χ2n) is 6.97. The number of carbonyl (C=O) groups excluding carboxylic acids is 1. The van der Waals surface area contributed by atoms with Gasteiger partial charge in [0, 0.05) is 42.7 Å². The molecule has 0 bridgehead atoms. The van der Waals surface area contributed by atoms with Crippen molar-refractivity contribution in [3.8, 4) is 0 Å². The molecule has 1 unspecified atom stereocenters. The van der Waals surface area contributed by atoms with Gasteiger partial charge in [-0.2, -0.15) is 0 Å². The summed E-state index contributed by atoms with van der Waals surface area (Å²) in [6.45, 7) is 0. The Labute approximate surface area is 159 Å². The maximum absolute atomic E-state index is 13.4. The summed E-state index contributed by atoms with van der Waals surface area (Å²) in [6.07, 6.45) is 6.81. The molecule has 1 aromatic carbocycles. The minimum Gasteiger partial charge on any atom is -0.345 e. The normalized spacial score (nSPS) is 23.9. The van der Waals surface area contributed by atoms with E-state index in [-0.39, 0.29) is 22.3 Å². The molecule has 6 nitrogen and oxygen atoms in total. The molecule has 0 spiro atoms. The van der Waals surface area contributed by atoms with Crippen molar-refractivity contribution in [2.75, 3.05) is 5.32 Å². The summed E-state index contributed by atoms with van der Waals surface area (Å²) in [4.78, 5) is 12.9. The van der Waals surface area contributed by atoms with Crippen LogP contribution < -0.4 is 10.0 Å². The van der Waals surface area contributed by atoms with E-state index in [0.29, 0.717) is 23.6 Å². The molecule has 1 amide bonds. The largest absolute Gasteiger partial charge is 0.345 e. The number of aromatic nitrogens is 1. The molecule has 1 saturated carbocycles. The monoisotopic (exact) mass is 410 g/mol. The summed E-state index contributed by atoms with van der Waals surface area (Å²) >= 11 is 0. The van der Waals surface area contributed by atoms with Crippen molar-refractivity contribution in [2.45, 2.75) is 23.8 Å². The van der Waals surface area contributed by atoms with Crippen LogP contribution in [0.1, 0.15) is 28.9 Å². The molecule has 3 N–H and O–H groups in total. The number of nitrogens with zero attached hydrogens (tertiary/aromatic N) is 1. The highest BCUT2D eigenvalue weighted by molar-refractivity contribution is 7.90. The molecule has 1 aromatic heterocycles. The van der Waals surface area contributed by atoms with Crippen LogP contribution in [-0.4, -0.2) is 20.7 Å². The van der Waals surface area contributed by atoms with E-state index in [1.807, 2.05) is 0 Å². The number of hydrogen-bond acceptors (Lipinski definition) is 3. The third-order valence-electron chi connectivity index (χ3n) is 4.85. The lowest BCUT2D eigenvalue weighted by Gasteiger charge is -2.14. The average Bonchev–Trinajstić information content (AvgIpc) is 3.40. The van der Waals surface area contributed by atoms with Crippen molar-refractivity contribution in [3.63, 3.8) is 0 Å². The van der Waals surface area contributed by atoms with Crippen molar-refractivity contribution in [2.24, 2.45) is 13.0 Å². The first-order valence-corrected chi connectivity index (χ1v) is 10.1. The lowest BCUT2D eigenvalue weighted by atomic mass is 10.1. The number of anilines is 1. The first-order valence-electron chi connectivity index (χ1n) is 8.57. The van der Waals surface area contributed by atoms with Crippen molar-refractivity contribution in [1.29, 1.82) is 4.78 Å². The van der Waals surface area contributed by atoms with Crippen LogP contribution in [0.2, 0.25) is 0 Å². The van der Waals surface area contributed by atoms with Crippen LogP contribution in [0.5, 0.6) is 0 Å². The number of amides is 1. The standard InChI is InChI=1S/C18H17F3N4O2S/c1-25-8-15-11(4-5-14(9-2-3-9)24-28(15,22)27)17(25)18(26)23-10-6-12(19)16(21)13(20)7-10/h4-9,14H,2-3H2,1H3,(H,23,26)(H2,22,24,27)/t14-,28?/m1/s1. The van der Waals surface area contributed by atoms with E-state index >= 15 is 0 Å². The van der Waals surface area contributed by atoms with E-state index in [1.54, 1.807) is 12.2 Å². The summed E-state index contributed by atoms with van der Waals surface area (Å²) < 4.78 is 65.3. The zero-order valence-electron chi connectivity index (χ0n) is 14.8. The number of benzene rings is 1. The van der Waals surface area contributed by atoms with E-state index in [1.165, 1.54) is 17.8 Å². The predicted octanol–water partition coefficient (Wildman–Crippen LogP) is 3.41. The molecule has 2 heterocycles. The SMILES string of the molecule is Cn1cc2c(c1C(=O)Nc1cc(F)c(F)c(F)c1)C=C[C@H](C1CC1)NS2(=N)=O. The highest BCUT2D eigenvalue weighted by Gasteiger charge is 2.35. The first-order chi connectivity index (χ1) is 13.2. The minimum atomic E-state index is -3.34. The summed E-state index contributed by atoms with van der Waals surface area (Å²) in [5.41, 5.74) is 0.128. The highest BCUT2D eigenvalue weighted by Crippen LogP contribution is 2.37. The van der Waals surface area contributed by atoms with Crippen LogP contribution in [-0.2, 0) is 17.0 Å². The Morgan fingerprint density at radius 2 is 1.93 bits per heavy atom. The lowest BCUT2D eigenvalue weighted by Crippen LogP contribution is -2.33. The quantitative estimate of drug-likeness (QED) is 0.678. The Morgan fingerprint density at radius 3 is 2.54 bits per heavy atom. The molecule has 2 aliphatic rings. The smallest absolute Gasteiger partial charge is 0.272 e. The van der Waals surface area contributed by atoms with Gasteiger partial charge in [0.15, 0.2) is 17.5 Å². The zero-order valence-corrected chi connectivity index (χ0v) is 15.6. The van der Waals surface area contributed by atoms with E-state index in [4.69, 9.17) is 4.78 Å². The van der Waals surface area contributed by atoms with Gasteiger partial charge in [0.25, 0.3) is 5.91 Å². The van der Waals surface area contributed by atoms with Crippen molar-refractivity contribution in [1.82, 2.24) is 9.29 Å². The molecule has 0 saturated heterocycles. The zero-order chi connectivity index (χ0) is 20.2. The maximum Gasteiger partial charge on any atom is 0.272 e. The molecule has 28 heavy (non-hydrogen) atoms. The van der Waals surface area contributed by atoms with Crippen molar-refractivity contribution in [3.05, 3.63) is 53.1 Å². The maximum atomic E-state index is 13.4. The van der Waals surface area contributed by atoms with Gasteiger partial charge in [0.1, 0.15) is 15.6 Å². The van der Waals surface area contributed by atoms with Gasteiger partial charge in [0.05, 0.1) is 4.90 Å². The third-order valence-corrected chi connectivity index (χ3v) is 6.40. The minimum absolute atomic E-state index is 0.0783. The molecular weight excluding hydrogens is 393 g/mol. The summed E-state index contributed by atoms with van der Waals surface area (Å²) in [6, 6.07) is 1.12. The summed E-state index contributed by atoms with van der Waals surface area (Å²) in [5.74, 6) is -4.89. The van der Waals surface area contributed by atoms with Gasteiger partial charge in [-0.1, -0.05) is 12.2 Å². The molecule has 10 heteroatoms. The molecule has 1 aliphatic heterocycles. The predicted molar refractivity (Wildman–Crippen MR) is 97.5 cm³/mol. The van der Waals surface area contributed by atoms with Crippen LogP contribution in [0.3, 0.4) is 0 Å². The number of rotatable bonds is 3. The highest BCUT2D eigenvalue weighted by atomic mass is 32.2. The Kier molecular flexibility index (Phi) is 4.35. The van der Waals surface area contributed by atoms with Gasteiger partial charge >= 0.3 is 0 Å². The van der Waals surface area contributed by atoms with Crippen molar-refractivity contribution >= 4 is 27.6 Å². The molecule has 1 aliphatic carbocycles. The Bertz CT molecular complexity index is 1100. The van der Waals surface area contributed by atoms with Crippen LogP contribution in [0.4, 0.5) is 18.9 Å². The molecule has 0 radical (unpaired) electrons. The molecule has 2 aromatic rings. The van der Waals surface area contributed by atoms with Gasteiger partial charge in [-0.05, 0) is 18.8 Å². The summed E-state index contributed by atoms with van der Waals surface area (Å²) in [7, 11) is -1.80. The van der Waals surface area contributed by atoms with Gasteiger partial charge in [0.2, 0.25) is 0 Å². The van der Waals surface area contributed by atoms with Crippen LogP contribution in [0.15, 0.2) is 29.3 Å². The lowest BCUT2D eigenvalue weighted by molar-refractivity contribution is 0.101. The Balaban J connectivity index is 1.72. The Hall–Kier alpha value is -2.59. The number of hydrogen-bond donors (Lipinski definition) is 3. The van der Waals surface area contributed by atoms with Gasteiger partial charge < -0.3 is 9.88 Å². The number of aryl methyl sites for hydroxylation is 1. The number of nitrogens with one attached hydrogen (secondary N) is 3. The fraction of sp³-hybridized carbons (Fsp3) is 0.278. The van der Waals surface area contributed by atoms with Crippen molar-refractivity contribution < 1.29 is 22.2 Å². The van der Waals surface area contributed by atoms with E-state index in [0.717, 1.165) is 12.8 Å². The van der Waals surface area contributed by atoms with E-state index in [2.05, 4.69) is 10.0 Å². The number of fused-ring (bicyclic) bond motifs is 1. The molecular formula is C18H17F3N4O2S. The third kappa shape index (κ3) is 3.22. The van der Waals surface area contributed by atoms with Gasteiger partial charge in [-0.15, -0.1) is 0 Å². The topological polar surface area (TPSA) is 87.0 Å². The first kappa shape index (κ1) is 18.8. The fourth-order valence-electron chi connectivity index (χ4n) is 3.31. The Morgan fingerprint density at radius 1 is 1.29 bits per heavy atom. The molecule has 1 fully saturated rings. The van der Waals surface area contributed by atoms with Gasteiger partial charge in [-0.3, -0.25) is 4.79 Å². The summed E-state index contributed by atoms with van der Waals surface area (Å²) in [5, 5.41) is 2.32. The number of carbonyl (C=O) groups is 1. The second-order valence-corrected chi connectivity index (χ2v) is 8.76. The fourth-order valence-corrected chi connectivity index (χ4v) is 4.87. The molecule has 148 valence electrons. The second kappa shape index (κ2) is 6.49. The van der Waals surface area contributed by atoms with E-state index in [9.17, 15) is 22.2 Å².